The molecule has 96 valence electrons. The molecule has 1 unspecified atom stereocenters. The van der Waals surface area contributed by atoms with Crippen molar-refractivity contribution in [3.8, 4) is 0 Å². The Morgan fingerprint density at radius 2 is 2.06 bits per heavy atom. The third-order valence-corrected chi connectivity index (χ3v) is 3.20. The van der Waals surface area contributed by atoms with Crippen LogP contribution in [0, 0.1) is 0 Å². The van der Waals surface area contributed by atoms with Crippen molar-refractivity contribution in [1.82, 2.24) is 10.2 Å². The van der Waals surface area contributed by atoms with Crippen LogP contribution in [-0.4, -0.2) is 50.3 Å². The number of unbranched alkanes of at least 4 members (excludes halogenated alkanes) is 1. The minimum absolute atomic E-state index is 0.686. The summed E-state index contributed by atoms with van der Waals surface area (Å²) >= 11 is 0. The smallest absolute Gasteiger partial charge is 0.0478 e. The summed E-state index contributed by atoms with van der Waals surface area (Å²) in [5.74, 6) is 0. The first-order valence-corrected chi connectivity index (χ1v) is 6.86. The van der Waals surface area contributed by atoms with E-state index in [4.69, 9.17) is 4.74 Å². The number of rotatable bonds is 7. The largest absolute Gasteiger partial charge is 0.381 e. The zero-order valence-electron chi connectivity index (χ0n) is 11.0. The molecule has 3 nitrogen and oxygen atoms in total. The average Bonchev–Trinajstić information content (AvgIpc) is 2.49. The maximum atomic E-state index is 5.58. The second-order valence-electron chi connectivity index (χ2n) is 4.80. The van der Waals surface area contributed by atoms with Crippen molar-refractivity contribution in [3.05, 3.63) is 0 Å². The molecule has 1 saturated heterocycles. The monoisotopic (exact) mass is 228 g/mol. The molecule has 16 heavy (non-hydrogen) atoms. The summed E-state index contributed by atoms with van der Waals surface area (Å²) in [6, 6.07) is 0.686. The van der Waals surface area contributed by atoms with Gasteiger partial charge in [-0.05, 0) is 32.7 Å². The van der Waals surface area contributed by atoms with Crippen molar-refractivity contribution < 1.29 is 4.74 Å². The minimum atomic E-state index is 0.686. The highest BCUT2D eigenvalue weighted by Gasteiger charge is 2.11. The van der Waals surface area contributed by atoms with Crippen LogP contribution in [0.2, 0.25) is 0 Å². The van der Waals surface area contributed by atoms with Crippen molar-refractivity contribution in [3.63, 3.8) is 0 Å². The van der Waals surface area contributed by atoms with Gasteiger partial charge in [0.05, 0.1) is 0 Å². The number of nitrogens with one attached hydrogen (secondary N) is 1. The zero-order chi connectivity index (χ0) is 11.6. The summed E-state index contributed by atoms with van der Waals surface area (Å²) in [5, 5.41) is 3.52. The molecule has 0 saturated carbocycles. The van der Waals surface area contributed by atoms with Gasteiger partial charge >= 0.3 is 0 Å². The summed E-state index contributed by atoms with van der Waals surface area (Å²) in [6.45, 7) is 11.1. The molecule has 0 aromatic rings. The first-order chi connectivity index (χ1) is 7.83. The van der Waals surface area contributed by atoms with Crippen LogP contribution in [0.1, 0.15) is 39.5 Å². The summed E-state index contributed by atoms with van der Waals surface area (Å²) in [4.78, 5) is 2.56. The Labute approximate surface area is 101 Å². The van der Waals surface area contributed by atoms with Crippen molar-refractivity contribution in [2.45, 2.75) is 45.6 Å². The predicted octanol–water partition coefficient (Wildman–Crippen LogP) is 1.88. The summed E-state index contributed by atoms with van der Waals surface area (Å²) in [6.07, 6.45) is 4.88. The van der Waals surface area contributed by atoms with Crippen LogP contribution in [-0.2, 0) is 4.74 Å². The van der Waals surface area contributed by atoms with Crippen LogP contribution < -0.4 is 5.32 Å². The van der Waals surface area contributed by atoms with Gasteiger partial charge in [0.25, 0.3) is 0 Å². The zero-order valence-corrected chi connectivity index (χ0v) is 11.0. The van der Waals surface area contributed by atoms with E-state index < -0.39 is 0 Å². The van der Waals surface area contributed by atoms with Gasteiger partial charge in [0.2, 0.25) is 0 Å². The molecule has 0 amide bonds. The Morgan fingerprint density at radius 1 is 1.25 bits per heavy atom. The second kappa shape index (κ2) is 8.97. The van der Waals surface area contributed by atoms with Gasteiger partial charge < -0.3 is 15.0 Å². The lowest BCUT2D eigenvalue weighted by Gasteiger charge is -2.19. The fourth-order valence-corrected chi connectivity index (χ4v) is 2.02. The number of ether oxygens (including phenoxy) is 1. The van der Waals surface area contributed by atoms with Crippen LogP contribution in [0.5, 0.6) is 0 Å². The maximum absolute atomic E-state index is 5.58. The molecule has 1 N–H and O–H groups in total. The highest BCUT2D eigenvalue weighted by molar-refractivity contribution is 4.71. The highest BCUT2D eigenvalue weighted by atomic mass is 16.5. The van der Waals surface area contributed by atoms with E-state index in [0.29, 0.717) is 6.04 Å². The van der Waals surface area contributed by atoms with Gasteiger partial charge in [0.1, 0.15) is 0 Å². The first-order valence-electron chi connectivity index (χ1n) is 6.86. The molecule has 0 aromatic carbocycles. The third-order valence-electron chi connectivity index (χ3n) is 3.20. The van der Waals surface area contributed by atoms with Crippen LogP contribution in [0.4, 0.5) is 0 Å². The van der Waals surface area contributed by atoms with E-state index in [2.05, 4.69) is 24.1 Å². The summed E-state index contributed by atoms with van der Waals surface area (Å²) in [5.41, 5.74) is 0. The Morgan fingerprint density at radius 3 is 2.88 bits per heavy atom. The Kier molecular flexibility index (Phi) is 7.81. The van der Waals surface area contributed by atoms with E-state index >= 15 is 0 Å². The van der Waals surface area contributed by atoms with Gasteiger partial charge in [-0.3, -0.25) is 0 Å². The van der Waals surface area contributed by atoms with Gasteiger partial charge in [-0.1, -0.05) is 13.3 Å². The van der Waals surface area contributed by atoms with Crippen LogP contribution >= 0.6 is 0 Å². The second-order valence-corrected chi connectivity index (χ2v) is 4.80. The van der Waals surface area contributed by atoms with Gasteiger partial charge in [-0.15, -0.1) is 0 Å². The molecule has 0 aliphatic carbocycles. The normalized spacial score (nSPS) is 23.2. The van der Waals surface area contributed by atoms with E-state index in [-0.39, 0.29) is 0 Å². The Hall–Kier alpha value is -0.120. The topological polar surface area (TPSA) is 24.5 Å². The molecule has 0 spiro atoms. The Balaban J connectivity index is 1.95. The van der Waals surface area contributed by atoms with Crippen molar-refractivity contribution in [2.75, 3.05) is 39.4 Å². The number of hydrogen-bond acceptors (Lipinski definition) is 3. The van der Waals surface area contributed by atoms with E-state index in [1.165, 1.54) is 45.3 Å². The van der Waals surface area contributed by atoms with Gasteiger partial charge in [0.15, 0.2) is 0 Å². The SMILES string of the molecule is CCCCOCCCN1CCNC(C)CC1. The molecule has 1 aliphatic heterocycles. The lowest BCUT2D eigenvalue weighted by molar-refractivity contribution is 0.119. The highest BCUT2D eigenvalue weighted by Crippen LogP contribution is 2.02. The molecular weight excluding hydrogens is 200 g/mol. The molecule has 0 aromatic heterocycles. The maximum Gasteiger partial charge on any atom is 0.0478 e. The lowest BCUT2D eigenvalue weighted by atomic mass is 10.2. The van der Waals surface area contributed by atoms with Gasteiger partial charge in [-0.25, -0.2) is 0 Å². The molecule has 1 fully saturated rings. The van der Waals surface area contributed by atoms with Crippen LogP contribution in [0.25, 0.3) is 0 Å². The lowest BCUT2D eigenvalue weighted by Crippen LogP contribution is -2.30. The van der Waals surface area contributed by atoms with Crippen molar-refractivity contribution >= 4 is 0 Å². The predicted molar refractivity (Wildman–Crippen MR) is 68.9 cm³/mol. The van der Waals surface area contributed by atoms with E-state index in [1.807, 2.05) is 0 Å². The molecule has 1 atom stereocenters. The fraction of sp³-hybridized carbons (Fsp3) is 1.00. The average molecular weight is 228 g/mol. The van der Waals surface area contributed by atoms with Crippen molar-refractivity contribution in [2.24, 2.45) is 0 Å². The first kappa shape index (κ1) is 13.9. The van der Waals surface area contributed by atoms with E-state index in [1.54, 1.807) is 0 Å². The molecule has 0 radical (unpaired) electrons. The van der Waals surface area contributed by atoms with Crippen molar-refractivity contribution in [1.29, 1.82) is 0 Å². The third kappa shape index (κ3) is 6.46. The van der Waals surface area contributed by atoms with Crippen LogP contribution in [0.15, 0.2) is 0 Å². The molecule has 1 aliphatic rings. The van der Waals surface area contributed by atoms with Gasteiger partial charge in [-0.2, -0.15) is 0 Å². The van der Waals surface area contributed by atoms with E-state index in [9.17, 15) is 0 Å². The molecule has 1 rings (SSSR count). The number of nitrogens with zero attached hydrogens (tertiary/aromatic N) is 1. The molecule has 3 heteroatoms. The summed E-state index contributed by atoms with van der Waals surface area (Å²) in [7, 11) is 0. The molecular formula is C13H28N2O. The molecule has 1 heterocycles. The molecule has 0 bridgehead atoms. The fourth-order valence-electron chi connectivity index (χ4n) is 2.02. The van der Waals surface area contributed by atoms with Gasteiger partial charge in [0, 0.05) is 38.9 Å². The minimum Gasteiger partial charge on any atom is -0.381 e. The van der Waals surface area contributed by atoms with E-state index in [0.717, 1.165) is 19.8 Å². The number of hydrogen-bond donors (Lipinski definition) is 1. The summed E-state index contributed by atoms with van der Waals surface area (Å²) < 4.78 is 5.58. The Bertz CT molecular complexity index is 164. The van der Waals surface area contributed by atoms with Crippen LogP contribution in [0.3, 0.4) is 0 Å². The standard InChI is InChI=1S/C13H28N2O/c1-3-4-11-16-12-5-8-15-9-6-13(2)14-7-10-15/h13-14H,3-12H2,1-2H3. The quantitative estimate of drug-likeness (QED) is 0.673.